The molecule has 2 heterocycles. The maximum atomic E-state index is 12.6. The average Bonchev–Trinajstić information content (AvgIpc) is 3.19. The van der Waals surface area contributed by atoms with Crippen LogP contribution in [0.15, 0.2) is 57.8 Å². The molecule has 3 rings (SSSR count). The third-order valence-corrected chi connectivity index (χ3v) is 4.92. The van der Waals surface area contributed by atoms with Crippen molar-refractivity contribution in [2.45, 2.75) is 0 Å². The fourth-order valence-corrected chi connectivity index (χ4v) is 3.32. The molecule has 2 aromatic heterocycles. The Bertz CT molecular complexity index is 778. The van der Waals surface area contributed by atoms with E-state index < -0.39 is 0 Å². The Balaban J connectivity index is 1.95. The second-order valence-corrected chi connectivity index (χ2v) is 7.16. The molecule has 22 heavy (non-hydrogen) atoms. The number of carbonyl (C=O) groups excluding carboxylic acids is 1. The second-order valence-electron chi connectivity index (χ2n) is 4.37. The molecule has 3 nitrogen and oxygen atoms in total. The first kappa shape index (κ1) is 15.1. The van der Waals surface area contributed by atoms with Gasteiger partial charge in [0.25, 0.3) is 5.91 Å². The van der Waals surface area contributed by atoms with E-state index in [1.54, 1.807) is 17.5 Å². The Morgan fingerprint density at radius 1 is 1.14 bits per heavy atom. The Hall–Kier alpha value is -1.76. The number of halogens is 1. The van der Waals surface area contributed by atoms with Gasteiger partial charge in [-0.25, -0.2) is 4.98 Å². The fraction of sp³-hybridized carbons (Fsp3) is 0. The number of aromatic nitrogens is 1. The molecular formula is C16H11BrN2OS2. The molecule has 0 saturated heterocycles. The topological polar surface area (TPSA) is 42.0 Å². The minimum absolute atomic E-state index is 0.161. The lowest BCUT2D eigenvalue weighted by atomic mass is 10.0. The molecule has 0 bridgehead atoms. The van der Waals surface area contributed by atoms with Crippen LogP contribution in [0.4, 0.5) is 5.13 Å². The molecule has 1 N–H and O–H groups in total. The van der Waals surface area contributed by atoms with Gasteiger partial charge in [-0.2, -0.15) is 0 Å². The summed E-state index contributed by atoms with van der Waals surface area (Å²) >= 11 is 6.41. The van der Waals surface area contributed by atoms with Crippen molar-refractivity contribution in [1.29, 1.82) is 0 Å². The summed E-state index contributed by atoms with van der Waals surface area (Å²) in [5, 5.41) is 7.26. The van der Waals surface area contributed by atoms with E-state index in [4.69, 9.17) is 0 Å². The molecule has 6 heteroatoms. The maximum Gasteiger partial charge on any atom is 0.258 e. The summed E-state index contributed by atoms with van der Waals surface area (Å²) in [5.74, 6) is -0.161. The molecule has 0 aliphatic heterocycles. The number of hydrogen-bond acceptors (Lipinski definition) is 4. The van der Waals surface area contributed by atoms with E-state index in [1.807, 2.05) is 53.2 Å². The lowest BCUT2D eigenvalue weighted by Gasteiger charge is -2.07. The molecule has 110 valence electrons. The Morgan fingerprint density at radius 2 is 1.95 bits per heavy atom. The van der Waals surface area contributed by atoms with Crippen LogP contribution < -0.4 is 5.32 Å². The normalized spacial score (nSPS) is 11.4. The summed E-state index contributed by atoms with van der Waals surface area (Å²) in [4.78, 5) is 17.7. The van der Waals surface area contributed by atoms with Crippen LogP contribution in [-0.2, 0) is 4.79 Å². The molecule has 1 amide bonds. The van der Waals surface area contributed by atoms with Gasteiger partial charge in [-0.05, 0) is 35.2 Å². The number of thiazole rings is 1. The number of rotatable bonds is 4. The van der Waals surface area contributed by atoms with Crippen LogP contribution in [-0.4, -0.2) is 10.9 Å². The molecule has 0 fully saturated rings. The molecule has 0 unspecified atom stereocenters. The lowest BCUT2D eigenvalue weighted by Crippen LogP contribution is -2.13. The van der Waals surface area contributed by atoms with Gasteiger partial charge in [0.2, 0.25) is 0 Å². The summed E-state index contributed by atoms with van der Waals surface area (Å²) in [7, 11) is 0. The van der Waals surface area contributed by atoms with E-state index in [-0.39, 0.29) is 5.91 Å². The average molecular weight is 391 g/mol. The highest BCUT2D eigenvalue weighted by Crippen LogP contribution is 2.24. The van der Waals surface area contributed by atoms with Crippen LogP contribution in [0.3, 0.4) is 0 Å². The predicted octanol–water partition coefficient (Wildman–Crippen LogP) is 5.15. The number of benzene rings is 1. The highest BCUT2D eigenvalue weighted by Gasteiger charge is 2.14. The van der Waals surface area contributed by atoms with Crippen LogP contribution in [0, 0.1) is 0 Å². The van der Waals surface area contributed by atoms with Gasteiger partial charge < -0.3 is 0 Å². The van der Waals surface area contributed by atoms with Gasteiger partial charge in [0, 0.05) is 26.5 Å². The van der Waals surface area contributed by atoms with Gasteiger partial charge in [-0.3, -0.25) is 10.1 Å². The van der Waals surface area contributed by atoms with Crippen molar-refractivity contribution in [1.82, 2.24) is 4.98 Å². The third-order valence-electron chi connectivity index (χ3n) is 2.88. The lowest BCUT2D eigenvalue weighted by molar-refractivity contribution is -0.111. The van der Waals surface area contributed by atoms with Crippen molar-refractivity contribution in [3.8, 4) is 0 Å². The molecule has 0 aliphatic carbocycles. The zero-order chi connectivity index (χ0) is 15.4. The van der Waals surface area contributed by atoms with Crippen LogP contribution >= 0.6 is 38.6 Å². The van der Waals surface area contributed by atoms with Crippen molar-refractivity contribution in [2.24, 2.45) is 0 Å². The molecule has 1 aromatic carbocycles. The molecular weight excluding hydrogens is 380 g/mol. The van der Waals surface area contributed by atoms with Gasteiger partial charge in [-0.1, -0.05) is 34.1 Å². The van der Waals surface area contributed by atoms with Crippen LogP contribution in [0.2, 0.25) is 0 Å². The van der Waals surface area contributed by atoms with Crippen molar-refractivity contribution < 1.29 is 4.79 Å². The van der Waals surface area contributed by atoms with Gasteiger partial charge >= 0.3 is 0 Å². The summed E-state index contributed by atoms with van der Waals surface area (Å²) in [6.45, 7) is 0. The van der Waals surface area contributed by atoms with Crippen molar-refractivity contribution in [2.75, 3.05) is 5.32 Å². The van der Waals surface area contributed by atoms with Crippen LogP contribution in [0.1, 0.15) is 10.4 Å². The van der Waals surface area contributed by atoms with E-state index in [0.29, 0.717) is 10.7 Å². The number of carbonyl (C=O) groups is 1. The Kier molecular flexibility index (Phi) is 4.82. The highest BCUT2D eigenvalue weighted by atomic mass is 79.9. The number of nitrogens with one attached hydrogen (secondary N) is 1. The number of hydrogen-bond donors (Lipinski definition) is 1. The quantitative estimate of drug-likeness (QED) is 0.626. The van der Waals surface area contributed by atoms with E-state index in [0.717, 1.165) is 14.9 Å². The minimum Gasteiger partial charge on any atom is -0.298 e. The smallest absolute Gasteiger partial charge is 0.258 e. The zero-order valence-corrected chi connectivity index (χ0v) is 14.5. The second kappa shape index (κ2) is 7.00. The number of anilines is 1. The Labute approximate surface area is 144 Å². The van der Waals surface area contributed by atoms with Crippen molar-refractivity contribution in [3.05, 3.63) is 68.3 Å². The van der Waals surface area contributed by atoms with E-state index in [1.165, 1.54) is 11.3 Å². The van der Waals surface area contributed by atoms with Crippen LogP contribution in [0.25, 0.3) is 11.6 Å². The first-order valence-corrected chi connectivity index (χ1v) is 8.99. The summed E-state index contributed by atoms with van der Waals surface area (Å²) < 4.78 is 0.979. The Morgan fingerprint density at radius 3 is 2.59 bits per heavy atom. The van der Waals surface area contributed by atoms with E-state index in [2.05, 4.69) is 26.2 Å². The maximum absolute atomic E-state index is 12.6. The van der Waals surface area contributed by atoms with Gasteiger partial charge in [0.15, 0.2) is 5.13 Å². The van der Waals surface area contributed by atoms with Gasteiger partial charge in [0.1, 0.15) is 0 Å². The number of amides is 1. The zero-order valence-electron chi connectivity index (χ0n) is 11.3. The molecule has 0 atom stereocenters. The summed E-state index contributed by atoms with van der Waals surface area (Å²) in [5.41, 5.74) is 1.48. The highest BCUT2D eigenvalue weighted by molar-refractivity contribution is 9.10. The molecule has 3 aromatic rings. The van der Waals surface area contributed by atoms with E-state index in [9.17, 15) is 4.79 Å². The first-order valence-electron chi connectivity index (χ1n) is 6.44. The SMILES string of the molecule is O=C(Nc1nccs1)/C(=C/c1cccs1)c1ccc(Br)cc1. The largest absolute Gasteiger partial charge is 0.298 e. The van der Waals surface area contributed by atoms with Gasteiger partial charge in [0.05, 0.1) is 0 Å². The summed E-state index contributed by atoms with van der Waals surface area (Å²) in [6, 6.07) is 11.6. The standard InChI is InChI=1S/C16H11BrN2OS2/c17-12-5-3-11(4-6-12)14(10-13-2-1-8-21-13)15(20)19-16-18-7-9-22-16/h1-10H,(H,18,19,20)/b14-10+. The third kappa shape index (κ3) is 3.71. The molecule has 0 radical (unpaired) electrons. The summed E-state index contributed by atoms with van der Waals surface area (Å²) in [6.07, 6.45) is 3.57. The monoisotopic (exact) mass is 390 g/mol. The number of thiophene rings is 1. The van der Waals surface area contributed by atoms with Gasteiger partial charge in [-0.15, -0.1) is 22.7 Å². The van der Waals surface area contributed by atoms with Crippen molar-refractivity contribution >= 4 is 61.3 Å². The first-order chi connectivity index (χ1) is 10.7. The predicted molar refractivity (Wildman–Crippen MR) is 97.1 cm³/mol. The molecule has 0 spiro atoms. The number of nitrogens with zero attached hydrogens (tertiary/aromatic N) is 1. The molecule has 0 saturated carbocycles. The van der Waals surface area contributed by atoms with Crippen LogP contribution in [0.5, 0.6) is 0 Å². The van der Waals surface area contributed by atoms with Crippen molar-refractivity contribution in [3.63, 3.8) is 0 Å². The fourth-order valence-electron chi connectivity index (χ4n) is 1.87. The minimum atomic E-state index is -0.161. The van der Waals surface area contributed by atoms with E-state index >= 15 is 0 Å². The molecule has 0 aliphatic rings.